The van der Waals surface area contributed by atoms with E-state index < -0.39 is 0 Å². The molecule has 0 spiro atoms. The summed E-state index contributed by atoms with van der Waals surface area (Å²) in [6.07, 6.45) is 0. The van der Waals surface area contributed by atoms with Crippen LogP contribution in [-0.2, 0) is 0 Å². The summed E-state index contributed by atoms with van der Waals surface area (Å²) >= 11 is 0. The molecule has 0 radical (unpaired) electrons. The van der Waals surface area contributed by atoms with E-state index in [4.69, 9.17) is 0 Å². The van der Waals surface area contributed by atoms with Gasteiger partial charge in [-0.2, -0.15) is 9.97 Å². The molecule has 3 aromatic rings. The van der Waals surface area contributed by atoms with Gasteiger partial charge >= 0.3 is 5.95 Å². The molecule has 1 unspecified atom stereocenters. The number of quaternary nitrogens is 1. The minimum Gasteiger partial charge on any atom is -0.627 e. The highest BCUT2D eigenvalue weighted by Gasteiger charge is 2.15. The van der Waals surface area contributed by atoms with Crippen LogP contribution in [0.25, 0.3) is 22.0 Å². The Bertz CT molecular complexity index is 836. The van der Waals surface area contributed by atoms with Gasteiger partial charge in [0.2, 0.25) is 0 Å². The second-order valence-corrected chi connectivity index (χ2v) is 5.85. The van der Waals surface area contributed by atoms with Crippen molar-refractivity contribution in [1.29, 1.82) is 0 Å². The average Bonchev–Trinajstić information content (AvgIpc) is 2.55. The molecule has 2 aromatic carbocycles. The summed E-state index contributed by atoms with van der Waals surface area (Å²) < 4.78 is 14.0. The maximum absolute atomic E-state index is 14.0. The summed E-state index contributed by atoms with van der Waals surface area (Å²) in [5.41, 5.74) is 2.24. The molecule has 1 N–H and O–H groups in total. The van der Waals surface area contributed by atoms with Crippen LogP contribution in [0, 0.1) is 11.0 Å². The SMILES string of the molecule is CC(C)c1cc(-c2ccc(F)c3ccccc23)nc([NH+](C)[O-])n1. The van der Waals surface area contributed by atoms with Gasteiger partial charge in [0.25, 0.3) is 0 Å². The third-order valence-electron chi connectivity index (χ3n) is 3.80. The molecule has 0 aliphatic rings. The number of aromatic nitrogens is 2. The first-order valence-corrected chi connectivity index (χ1v) is 7.55. The van der Waals surface area contributed by atoms with Crippen LogP contribution < -0.4 is 5.06 Å². The quantitative estimate of drug-likeness (QED) is 0.756. The molecule has 4 nitrogen and oxygen atoms in total. The number of hydrogen-bond acceptors (Lipinski definition) is 3. The topological polar surface area (TPSA) is 53.3 Å². The lowest BCUT2D eigenvalue weighted by atomic mass is 10.00. The molecular weight excluding hydrogens is 293 g/mol. The van der Waals surface area contributed by atoms with Crippen LogP contribution in [0.3, 0.4) is 0 Å². The molecule has 3 rings (SSSR count). The monoisotopic (exact) mass is 311 g/mol. The van der Waals surface area contributed by atoms with E-state index in [-0.39, 0.29) is 22.7 Å². The Kier molecular flexibility index (Phi) is 4.07. The van der Waals surface area contributed by atoms with Gasteiger partial charge in [-0.3, -0.25) is 0 Å². The van der Waals surface area contributed by atoms with E-state index >= 15 is 0 Å². The van der Waals surface area contributed by atoms with Crippen LogP contribution in [0.4, 0.5) is 10.3 Å². The van der Waals surface area contributed by atoms with Gasteiger partial charge in [-0.15, -0.1) is 0 Å². The van der Waals surface area contributed by atoms with Crippen molar-refractivity contribution < 1.29 is 9.45 Å². The first-order valence-electron chi connectivity index (χ1n) is 7.55. The molecule has 0 bridgehead atoms. The molecule has 118 valence electrons. The summed E-state index contributed by atoms with van der Waals surface area (Å²) in [5, 5.41) is 12.9. The normalized spacial score (nSPS) is 12.8. The lowest BCUT2D eigenvalue weighted by molar-refractivity contribution is -0.757. The highest BCUT2D eigenvalue weighted by molar-refractivity contribution is 5.96. The summed E-state index contributed by atoms with van der Waals surface area (Å²) in [6.45, 7) is 4.03. The number of halogens is 1. The van der Waals surface area contributed by atoms with Gasteiger partial charge in [0.15, 0.2) is 0 Å². The summed E-state index contributed by atoms with van der Waals surface area (Å²) in [7, 11) is 1.45. The van der Waals surface area contributed by atoms with Crippen molar-refractivity contribution in [1.82, 2.24) is 9.97 Å². The highest BCUT2D eigenvalue weighted by atomic mass is 19.1. The summed E-state index contributed by atoms with van der Waals surface area (Å²) in [4.78, 5) is 8.70. The smallest absolute Gasteiger partial charge is 0.327 e. The Labute approximate surface area is 134 Å². The second kappa shape index (κ2) is 6.02. The lowest BCUT2D eigenvalue weighted by Gasteiger charge is -2.17. The maximum atomic E-state index is 14.0. The van der Waals surface area contributed by atoms with Gasteiger partial charge in [-0.05, 0) is 29.5 Å². The molecule has 0 saturated carbocycles. The highest BCUT2D eigenvalue weighted by Crippen LogP contribution is 2.30. The molecule has 0 saturated heterocycles. The van der Waals surface area contributed by atoms with Crippen molar-refractivity contribution >= 4 is 16.7 Å². The minimum atomic E-state index is -0.269. The fourth-order valence-corrected chi connectivity index (χ4v) is 2.54. The van der Waals surface area contributed by atoms with Crippen LogP contribution in [0.2, 0.25) is 0 Å². The van der Waals surface area contributed by atoms with Gasteiger partial charge in [0, 0.05) is 10.9 Å². The summed E-state index contributed by atoms with van der Waals surface area (Å²) in [6, 6.07) is 12.3. The van der Waals surface area contributed by atoms with E-state index in [1.165, 1.54) is 13.1 Å². The molecule has 1 heterocycles. The van der Waals surface area contributed by atoms with Gasteiger partial charge in [-0.1, -0.05) is 38.1 Å². The van der Waals surface area contributed by atoms with Crippen molar-refractivity contribution in [2.45, 2.75) is 19.8 Å². The number of hydrogen-bond donors (Lipinski definition) is 1. The van der Waals surface area contributed by atoms with Gasteiger partial charge < -0.3 is 10.3 Å². The molecule has 0 amide bonds. The zero-order valence-corrected chi connectivity index (χ0v) is 13.3. The number of fused-ring (bicyclic) bond motifs is 1. The molecule has 0 aliphatic carbocycles. The van der Waals surface area contributed by atoms with E-state index in [0.717, 1.165) is 16.6 Å². The van der Waals surface area contributed by atoms with Crippen molar-refractivity contribution in [3.05, 3.63) is 59.2 Å². The van der Waals surface area contributed by atoms with Crippen LogP contribution in [0.1, 0.15) is 25.5 Å². The van der Waals surface area contributed by atoms with E-state index in [9.17, 15) is 9.60 Å². The van der Waals surface area contributed by atoms with Crippen molar-refractivity contribution in [3.63, 3.8) is 0 Å². The van der Waals surface area contributed by atoms with Crippen molar-refractivity contribution in [2.24, 2.45) is 0 Å². The van der Waals surface area contributed by atoms with Crippen LogP contribution in [0.5, 0.6) is 0 Å². The number of benzene rings is 2. The Hall–Kier alpha value is -2.37. The fraction of sp³-hybridized carbons (Fsp3) is 0.222. The minimum absolute atomic E-state index is 0.168. The zero-order chi connectivity index (χ0) is 16.6. The Morgan fingerprint density at radius 1 is 1.04 bits per heavy atom. The first-order chi connectivity index (χ1) is 11.0. The average molecular weight is 311 g/mol. The number of rotatable bonds is 3. The predicted molar refractivity (Wildman–Crippen MR) is 88.9 cm³/mol. The van der Waals surface area contributed by atoms with Gasteiger partial charge in [0.1, 0.15) is 5.82 Å². The van der Waals surface area contributed by atoms with E-state index in [0.29, 0.717) is 11.1 Å². The fourth-order valence-electron chi connectivity index (χ4n) is 2.54. The van der Waals surface area contributed by atoms with Gasteiger partial charge in [-0.25, -0.2) is 4.39 Å². The number of nitrogens with zero attached hydrogens (tertiary/aromatic N) is 2. The molecular formula is C18H18FN3O. The molecule has 1 atom stereocenters. The standard InChI is InChI=1S/C18H18FN3O/c1-11(2)16-10-17(21-18(20-16)22(3)23)14-8-9-15(19)13-7-5-4-6-12(13)14/h4-11,22H,1-3H3. The van der Waals surface area contributed by atoms with Crippen LogP contribution >= 0.6 is 0 Å². The van der Waals surface area contributed by atoms with Crippen LogP contribution in [-0.4, -0.2) is 17.0 Å². The number of hydroxylamine groups is 1. The second-order valence-electron chi connectivity index (χ2n) is 5.85. The Morgan fingerprint density at radius 3 is 2.39 bits per heavy atom. The van der Waals surface area contributed by atoms with E-state index in [1.54, 1.807) is 18.2 Å². The molecule has 1 aromatic heterocycles. The third kappa shape index (κ3) is 2.93. The summed E-state index contributed by atoms with van der Waals surface area (Å²) in [5.74, 6) is 0.0930. The van der Waals surface area contributed by atoms with Crippen molar-refractivity contribution in [2.75, 3.05) is 7.05 Å². The maximum Gasteiger partial charge on any atom is 0.327 e. The first kappa shape index (κ1) is 15.5. The predicted octanol–water partition coefficient (Wildman–Crippen LogP) is 3.20. The molecule has 0 aliphatic heterocycles. The van der Waals surface area contributed by atoms with Crippen LogP contribution in [0.15, 0.2) is 42.5 Å². The number of nitrogens with one attached hydrogen (secondary N) is 1. The van der Waals surface area contributed by atoms with Crippen molar-refractivity contribution in [3.8, 4) is 11.3 Å². The Morgan fingerprint density at radius 2 is 1.74 bits per heavy atom. The molecule has 5 heteroatoms. The van der Waals surface area contributed by atoms with E-state index in [2.05, 4.69) is 9.97 Å². The molecule has 23 heavy (non-hydrogen) atoms. The van der Waals surface area contributed by atoms with E-state index in [1.807, 2.05) is 32.0 Å². The third-order valence-corrected chi connectivity index (χ3v) is 3.80. The largest absolute Gasteiger partial charge is 0.627 e. The molecule has 0 fully saturated rings. The Balaban J connectivity index is 2.28. The lowest BCUT2D eigenvalue weighted by Crippen LogP contribution is -2.99. The van der Waals surface area contributed by atoms with Gasteiger partial charge in [0.05, 0.1) is 18.4 Å². The zero-order valence-electron chi connectivity index (χ0n) is 13.3.